The molecule has 1 saturated carbocycles. The van der Waals surface area contributed by atoms with Gasteiger partial charge in [0.2, 0.25) is 0 Å². The number of pyridine rings is 2. The minimum atomic E-state index is -1.07. The summed E-state index contributed by atoms with van der Waals surface area (Å²) in [6, 6.07) is 6.67. The first kappa shape index (κ1) is 23.1. The smallest absolute Gasteiger partial charge is 0.407 e. The van der Waals surface area contributed by atoms with E-state index in [0.717, 1.165) is 23.4 Å². The van der Waals surface area contributed by atoms with Crippen molar-refractivity contribution < 1.29 is 19.5 Å². The van der Waals surface area contributed by atoms with E-state index in [1.165, 1.54) is 18.3 Å². The molecule has 0 unspecified atom stereocenters. The standard InChI is InChI=1S/C23H27N7O4/c1-23(8-9-23)18-10-14-15(17(25-18)12-29(4)22(33)34)11-30(21(14)32)19-7-5-6-16(26-19)20(31)27-24-13-28(2)3/h5-7,10,13H,8-9,11-12H2,1-4H3,(H,27,31)(H,33,34)/b24-13+. The minimum absolute atomic E-state index is 0.0719. The third-order valence-electron chi connectivity index (χ3n) is 6.03. The van der Waals surface area contributed by atoms with Crippen LogP contribution in [0.2, 0.25) is 0 Å². The molecule has 0 bridgehead atoms. The van der Waals surface area contributed by atoms with Gasteiger partial charge in [-0.05, 0) is 31.0 Å². The molecule has 0 saturated heterocycles. The largest absolute Gasteiger partial charge is 0.465 e. The number of rotatable bonds is 7. The Balaban J connectivity index is 1.65. The van der Waals surface area contributed by atoms with Gasteiger partial charge in [-0.2, -0.15) is 5.10 Å². The van der Waals surface area contributed by atoms with E-state index in [1.807, 2.05) is 6.07 Å². The molecule has 0 aromatic carbocycles. The first-order chi connectivity index (χ1) is 16.1. The molecule has 1 aliphatic carbocycles. The number of anilines is 1. The highest BCUT2D eigenvalue weighted by atomic mass is 16.4. The van der Waals surface area contributed by atoms with Crippen molar-refractivity contribution in [3.63, 3.8) is 0 Å². The molecule has 0 spiro atoms. The molecule has 2 aromatic rings. The lowest BCUT2D eigenvalue weighted by molar-refractivity contribution is 0.0946. The van der Waals surface area contributed by atoms with Crippen LogP contribution in [0.5, 0.6) is 0 Å². The molecule has 0 atom stereocenters. The Morgan fingerprint density at radius 3 is 2.65 bits per heavy atom. The van der Waals surface area contributed by atoms with Crippen LogP contribution in [0.3, 0.4) is 0 Å². The van der Waals surface area contributed by atoms with E-state index in [1.54, 1.807) is 37.2 Å². The van der Waals surface area contributed by atoms with Crippen molar-refractivity contribution in [2.45, 2.75) is 38.3 Å². The van der Waals surface area contributed by atoms with E-state index < -0.39 is 12.0 Å². The molecule has 11 heteroatoms. The first-order valence-corrected chi connectivity index (χ1v) is 10.9. The van der Waals surface area contributed by atoms with Crippen LogP contribution in [-0.4, -0.2) is 70.3 Å². The number of aromatic nitrogens is 2. The number of amides is 3. The van der Waals surface area contributed by atoms with Gasteiger partial charge in [-0.3, -0.25) is 19.5 Å². The fraction of sp³-hybridized carbons (Fsp3) is 0.391. The maximum atomic E-state index is 13.4. The fourth-order valence-electron chi connectivity index (χ4n) is 3.69. The average molecular weight is 466 g/mol. The summed E-state index contributed by atoms with van der Waals surface area (Å²) < 4.78 is 0. The van der Waals surface area contributed by atoms with Gasteiger partial charge in [0.1, 0.15) is 17.9 Å². The summed E-state index contributed by atoms with van der Waals surface area (Å²) in [6.45, 7) is 2.35. The summed E-state index contributed by atoms with van der Waals surface area (Å²) in [5.41, 5.74) is 4.97. The van der Waals surface area contributed by atoms with Crippen molar-refractivity contribution >= 4 is 30.1 Å². The Bertz CT molecular complexity index is 1190. The fourth-order valence-corrected chi connectivity index (χ4v) is 3.69. The van der Waals surface area contributed by atoms with E-state index in [9.17, 15) is 19.5 Å². The molecular formula is C23H27N7O4. The molecule has 2 aliphatic rings. The van der Waals surface area contributed by atoms with Gasteiger partial charge in [0.25, 0.3) is 11.8 Å². The van der Waals surface area contributed by atoms with Gasteiger partial charge in [-0.25, -0.2) is 15.2 Å². The number of hydrogen-bond acceptors (Lipinski definition) is 6. The summed E-state index contributed by atoms with van der Waals surface area (Å²) in [7, 11) is 5.02. The Kier molecular flexibility index (Phi) is 5.94. The summed E-state index contributed by atoms with van der Waals surface area (Å²) in [5.74, 6) is -0.432. The molecule has 178 valence electrons. The van der Waals surface area contributed by atoms with Gasteiger partial charge < -0.3 is 14.9 Å². The zero-order valence-corrected chi connectivity index (χ0v) is 19.6. The molecule has 4 rings (SSSR count). The second kappa shape index (κ2) is 8.73. The van der Waals surface area contributed by atoms with Gasteiger partial charge in [0.15, 0.2) is 0 Å². The van der Waals surface area contributed by atoms with E-state index in [2.05, 4.69) is 22.4 Å². The predicted octanol–water partition coefficient (Wildman–Crippen LogP) is 2.03. The second-order valence-corrected chi connectivity index (χ2v) is 9.10. The lowest BCUT2D eigenvalue weighted by Gasteiger charge is -2.18. The molecule has 3 heterocycles. The van der Waals surface area contributed by atoms with Crippen molar-refractivity contribution in [2.75, 3.05) is 26.0 Å². The van der Waals surface area contributed by atoms with Crippen molar-refractivity contribution in [3.05, 3.63) is 52.5 Å². The quantitative estimate of drug-likeness (QED) is 0.363. The van der Waals surface area contributed by atoms with E-state index >= 15 is 0 Å². The highest BCUT2D eigenvalue weighted by molar-refractivity contribution is 6.10. The van der Waals surface area contributed by atoms with E-state index in [4.69, 9.17) is 4.98 Å². The SMILES string of the molecule is CN(C)/C=N/NC(=O)c1cccc(N2Cc3c(cc(C4(C)CC4)nc3CN(C)C(=O)O)C2=O)n1. The third-order valence-corrected chi connectivity index (χ3v) is 6.03. The molecule has 11 nitrogen and oxygen atoms in total. The van der Waals surface area contributed by atoms with Crippen molar-refractivity contribution in [3.8, 4) is 0 Å². The molecule has 1 fully saturated rings. The second-order valence-electron chi connectivity index (χ2n) is 9.10. The maximum Gasteiger partial charge on any atom is 0.407 e. The summed E-state index contributed by atoms with van der Waals surface area (Å²) >= 11 is 0. The monoisotopic (exact) mass is 465 g/mol. The molecule has 1 aliphatic heterocycles. The van der Waals surface area contributed by atoms with Crippen LogP contribution in [-0.2, 0) is 18.5 Å². The predicted molar refractivity (Wildman–Crippen MR) is 125 cm³/mol. The van der Waals surface area contributed by atoms with Crippen LogP contribution in [0, 0.1) is 0 Å². The highest BCUT2D eigenvalue weighted by Gasteiger charge is 2.43. The molecule has 2 N–H and O–H groups in total. The van der Waals surface area contributed by atoms with Crippen molar-refractivity contribution in [1.82, 2.24) is 25.2 Å². The number of fused-ring (bicyclic) bond motifs is 1. The van der Waals surface area contributed by atoms with Gasteiger partial charge in [0.05, 0.1) is 18.8 Å². The lowest BCUT2D eigenvalue weighted by atomic mass is 9.99. The summed E-state index contributed by atoms with van der Waals surface area (Å²) in [5, 5.41) is 13.2. The number of carbonyl (C=O) groups is 3. The molecule has 2 aromatic heterocycles. The maximum absolute atomic E-state index is 13.4. The van der Waals surface area contributed by atoms with E-state index in [0.29, 0.717) is 22.6 Å². The van der Waals surface area contributed by atoms with Crippen molar-refractivity contribution in [1.29, 1.82) is 0 Å². The molecule has 34 heavy (non-hydrogen) atoms. The average Bonchev–Trinajstić information content (AvgIpc) is 3.46. The van der Waals surface area contributed by atoms with E-state index in [-0.39, 0.29) is 30.1 Å². The Labute approximate surface area is 197 Å². The van der Waals surface area contributed by atoms with Gasteiger partial charge in [0, 0.05) is 43.4 Å². The zero-order valence-electron chi connectivity index (χ0n) is 19.6. The normalized spacial score (nSPS) is 15.9. The number of carbonyl (C=O) groups excluding carboxylic acids is 2. The number of hydrazone groups is 1. The Hall–Kier alpha value is -4.02. The number of hydrogen-bond donors (Lipinski definition) is 2. The Morgan fingerprint density at radius 2 is 2.00 bits per heavy atom. The summed E-state index contributed by atoms with van der Waals surface area (Å²) in [6.07, 6.45) is 2.32. The van der Waals surface area contributed by atoms with Gasteiger partial charge >= 0.3 is 6.09 Å². The topological polar surface area (TPSA) is 131 Å². The van der Waals surface area contributed by atoms with Crippen LogP contribution in [0.4, 0.5) is 10.6 Å². The van der Waals surface area contributed by atoms with Crippen LogP contribution in [0.15, 0.2) is 29.4 Å². The van der Waals surface area contributed by atoms with Gasteiger partial charge in [-0.15, -0.1) is 0 Å². The molecular weight excluding hydrogens is 438 g/mol. The Morgan fingerprint density at radius 1 is 1.26 bits per heavy atom. The number of carboxylic acid groups (broad SMARTS) is 1. The van der Waals surface area contributed by atoms with Crippen molar-refractivity contribution in [2.24, 2.45) is 5.10 Å². The van der Waals surface area contributed by atoms with Crippen LogP contribution >= 0.6 is 0 Å². The minimum Gasteiger partial charge on any atom is -0.465 e. The van der Waals surface area contributed by atoms with Gasteiger partial charge in [-0.1, -0.05) is 13.0 Å². The number of nitrogens with zero attached hydrogens (tertiary/aromatic N) is 6. The van der Waals surface area contributed by atoms with Crippen LogP contribution in [0.25, 0.3) is 0 Å². The van der Waals surface area contributed by atoms with Crippen LogP contribution < -0.4 is 10.3 Å². The molecule has 0 radical (unpaired) electrons. The van der Waals surface area contributed by atoms with Crippen LogP contribution in [0.1, 0.15) is 57.6 Å². The third kappa shape index (κ3) is 4.54. The number of nitrogens with one attached hydrogen (secondary N) is 1. The lowest BCUT2D eigenvalue weighted by Crippen LogP contribution is -2.26. The first-order valence-electron chi connectivity index (χ1n) is 10.9. The summed E-state index contributed by atoms with van der Waals surface area (Å²) in [4.78, 5) is 50.7. The molecule has 3 amide bonds. The zero-order chi connectivity index (χ0) is 24.6. The highest BCUT2D eigenvalue weighted by Crippen LogP contribution is 2.47.